The fourth-order valence-corrected chi connectivity index (χ4v) is 5.30. The Balaban J connectivity index is 1.31. The van der Waals surface area contributed by atoms with Gasteiger partial charge >= 0.3 is 18.0 Å². The van der Waals surface area contributed by atoms with Crippen molar-refractivity contribution in [3.63, 3.8) is 0 Å². The van der Waals surface area contributed by atoms with Crippen molar-refractivity contribution < 1.29 is 24.2 Å². The number of carboxylic acids is 1. The third-order valence-corrected chi connectivity index (χ3v) is 7.31. The first-order chi connectivity index (χ1) is 20.0. The molecule has 206 valence electrons. The van der Waals surface area contributed by atoms with E-state index in [0.717, 1.165) is 5.56 Å². The molecule has 9 heteroatoms. The minimum atomic E-state index is -1.25. The highest BCUT2D eigenvalue weighted by molar-refractivity contribution is 6.03. The van der Waals surface area contributed by atoms with Crippen LogP contribution in [-0.2, 0) is 11.4 Å². The molecule has 1 saturated heterocycles. The number of piperazine rings is 1. The molecule has 6 rings (SSSR count). The van der Waals surface area contributed by atoms with E-state index in [1.807, 2.05) is 72.8 Å². The molecule has 1 fully saturated rings. The first-order valence-electron chi connectivity index (χ1n) is 13.4. The summed E-state index contributed by atoms with van der Waals surface area (Å²) in [5.74, 6) is -0.626. The SMILES string of the molecule is O=C(O)[C@@H]1CN(C(=O)N2c3ccccc3COc3ccccc32)CCN1C(=O)N(c1ccccc1)c1ccccc1. The molecule has 0 aliphatic carbocycles. The van der Waals surface area contributed by atoms with Crippen LogP contribution >= 0.6 is 0 Å². The molecule has 0 bridgehead atoms. The third-order valence-electron chi connectivity index (χ3n) is 7.31. The van der Waals surface area contributed by atoms with Gasteiger partial charge in [-0.2, -0.15) is 0 Å². The summed E-state index contributed by atoms with van der Waals surface area (Å²) >= 11 is 0. The summed E-state index contributed by atoms with van der Waals surface area (Å²) in [6.07, 6.45) is 0. The smallest absolute Gasteiger partial charge is 0.329 e. The maximum absolute atomic E-state index is 14.1. The van der Waals surface area contributed by atoms with Crippen LogP contribution in [0.15, 0.2) is 109 Å². The molecule has 41 heavy (non-hydrogen) atoms. The number of carbonyl (C=O) groups excluding carboxylic acids is 2. The average molecular weight is 549 g/mol. The second-order valence-corrected chi connectivity index (χ2v) is 9.79. The second-order valence-electron chi connectivity index (χ2n) is 9.79. The van der Waals surface area contributed by atoms with Crippen molar-refractivity contribution in [2.24, 2.45) is 0 Å². The quantitative estimate of drug-likeness (QED) is 0.346. The summed E-state index contributed by atoms with van der Waals surface area (Å²) in [6.45, 7) is 0.337. The maximum Gasteiger partial charge on any atom is 0.329 e. The van der Waals surface area contributed by atoms with Gasteiger partial charge in [-0.05, 0) is 42.5 Å². The molecule has 0 radical (unpaired) electrons. The summed E-state index contributed by atoms with van der Waals surface area (Å²) < 4.78 is 6.00. The Labute approximate surface area is 237 Å². The van der Waals surface area contributed by atoms with Crippen LogP contribution in [0, 0.1) is 0 Å². The molecule has 9 nitrogen and oxygen atoms in total. The fraction of sp³-hybridized carbons (Fsp3) is 0.156. The highest BCUT2D eigenvalue weighted by Gasteiger charge is 2.41. The monoisotopic (exact) mass is 548 g/mol. The minimum Gasteiger partial charge on any atom is -0.487 e. The molecule has 2 heterocycles. The minimum absolute atomic E-state index is 0.0470. The lowest BCUT2D eigenvalue weighted by Crippen LogP contribution is -2.62. The number of benzene rings is 4. The van der Waals surface area contributed by atoms with E-state index in [1.54, 1.807) is 41.3 Å². The maximum atomic E-state index is 14.1. The van der Waals surface area contributed by atoms with Gasteiger partial charge in [0.2, 0.25) is 0 Å². The second kappa shape index (κ2) is 11.1. The number of carboxylic acid groups (broad SMARTS) is 1. The Morgan fingerprint density at radius 2 is 1.32 bits per heavy atom. The molecule has 1 N–H and O–H groups in total. The predicted molar refractivity (Wildman–Crippen MR) is 155 cm³/mol. The van der Waals surface area contributed by atoms with E-state index < -0.39 is 18.0 Å². The van der Waals surface area contributed by atoms with Gasteiger partial charge in [0.15, 0.2) is 0 Å². The van der Waals surface area contributed by atoms with Crippen molar-refractivity contribution in [1.29, 1.82) is 0 Å². The van der Waals surface area contributed by atoms with Crippen LogP contribution in [-0.4, -0.2) is 58.6 Å². The molecular formula is C32H28N4O5. The number of para-hydroxylation sites is 5. The van der Waals surface area contributed by atoms with Crippen molar-refractivity contribution >= 4 is 40.8 Å². The van der Waals surface area contributed by atoms with Crippen LogP contribution < -0.4 is 14.5 Å². The van der Waals surface area contributed by atoms with Gasteiger partial charge in [0.05, 0.1) is 29.3 Å². The number of amides is 4. The van der Waals surface area contributed by atoms with Gasteiger partial charge in [0, 0.05) is 18.7 Å². The van der Waals surface area contributed by atoms with E-state index in [4.69, 9.17) is 4.74 Å². The Morgan fingerprint density at radius 1 is 0.732 bits per heavy atom. The van der Waals surface area contributed by atoms with Crippen molar-refractivity contribution in [3.05, 3.63) is 115 Å². The predicted octanol–water partition coefficient (Wildman–Crippen LogP) is 5.87. The van der Waals surface area contributed by atoms with Gasteiger partial charge in [-0.3, -0.25) is 9.80 Å². The molecule has 0 aromatic heterocycles. The molecule has 0 saturated carbocycles. The zero-order valence-corrected chi connectivity index (χ0v) is 22.2. The van der Waals surface area contributed by atoms with Gasteiger partial charge in [0.25, 0.3) is 0 Å². The summed E-state index contributed by atoms with van der Waals surface area (Å²) in [5, 5.41) is 10.3. The van der Waals surface area contributed by atoms with E-state index in [1.165, 1.54) is 14.7 Å². The van der Waals surface area contributed by atoms with Gasteiger partial charge in [-0.15, -0.1) is 0 Å². The zero-order chi connectivity index (χ0) is 28.3. The van der Waals surface area contributed by atoms with Crippen molar-refractivity contribution in [2.75, 3.05) is 29.4 Å². The Kier molecular flexibility index (Phi) is 6.99. The fourth-order valence-electron chi connectivity index (χ4n) is 5.30. The lowest BCUT2D eigenvalue weighted by atomic mass is 10.1. The van der Waals surface area contributed by atoms with Crippen LogP contribution in [0.4, 0.5) is 32.3 Å². The molecule has 2 aliphatic heterocycles. The number of carbonyl (C=O) groups is 3. The number of anilines is 4. The van der Waals surface area contributed by atoms with E-state index >= 15 is 0 Å². The van der Waals surface area contributed by atoms with Crippen molar-refractivity contribution in [2.45, 2.75) is 12.6 Å². The van der Waals surface area contributed by atoms with Crippen molar-refractivity contribution in [1.82, 2.24) is 9.80 Å². The van der Waals surface area contributed by atoms with Crippen LogP contribution in [0.2, 0.25) is 0 Å². The number of aliphatic carboxylic acids is 1. The molecule has 0 unspecified atom stereocenters. The Bertz CT molecular complexity index is 1490. The molecular weight excluding hydrogens is 520 g/mol. The summed E-state index contributed by atoms with van der Waals surface area (Å²) in [7, 11) is 0. The van der Waals surface area contributed by atoms with Crippen LogP contribution in [0.5, 0.6) is 5.75 Å². The average Bonchev–Trinajstić information content (AvgIpc) is 3.18. The third kappa shape index (κ3) is 4.93. The molecule has 1 atom stereocenters. The van der Waals surface area contributed by atoms with Gasteiger partial charge < -0.3 is 19.6 Å². The Morgan fingerprint density at radius 3 is 1.98 bits per heavy atom. The van der Waals surface area contributed by atoms with E-state index in [-0.39, 0.29) is 25.7 Å². The number of urea groups is 2. The zero-order valence-electron chi connectivity index (χ0n) is 22.2. The lowest BCUT2D eigenvalue weighted by Gasteiger charge is -2.42. The topological polar surface area (TPSA) is 93.6 Å². The summed E-state index contributed by atoms with van der Waals surface area (Å²) in [6, 6.07) is 30.9. The number of rotatable bonds is 3. The number of fused-ring (bicyclic) bond motifs is 2. The van der Waals surface area contributed by atoms with Gasteiger partial charge in [-0.25, -0.2) is 14.4 Å². The van der Waals surface area contributed by atoms with Crippen LogP contribution in [0.1, 0.15) is 5.56 Å². The molecule has 4 amide bonds. The molecule has 4 aromatic rings. The van der Waals surface area contributed by atoms with Crippen LogP contribution in [0.3, 0.4) is 0 Å². The lowest BCUT2D eigenvalue weighted by molar-refractivity contribution is -0.143. The van der Waals surface area contributed by atoms with Crippen molar-refractivity contribution in [3.8, 4) is 5.75 Å². The summed E-state index contributed by atoms with van der Waals surface area (Å²) in [5.41, 5.74) is 3.31. The van der Waals surface area contributed by atoms with Gasteiger partial charge in [0.1, 0.15) is 18.4 Å². The largest absolute Gasteiger partial charge is 0.487 e. The summed E-state index contributed by atoms with van der Waals surface area (Å²) in [4.78, 5) is 46.7. The first kappa shape index (κ1) is 25.9. The standard InChI is InChI=1S/C32H28N4O5/c37-30(38)28-21-33(31(39)36-26-16-8-7-11-23(26)22-41-29-18-10-9-17-27(29)36)19-20-34(28)32(40)35(24-12-3-1-4-13-24)25-14-5-2-6-15-25/h1-18,28H,19-22H2,(H,37,38)/t28-/m0/s1. The normalized spacial score (nSPS) is 16.1. The Hall–Kier alpha value is -5.31. The van der Waals surface area contributed by atoms with Crippen LogP contribution in [0.25, 0.3) is 0 Å². The van der Waals surface area contributed by atoms with E-state index in [0.29, 0.717) is 35.1 Å². The number of hydrogen-bond acceptors (Lipinski definition) is 4. The number of ether oxygens (including phenoxy) is 1. The van der Waals surface area contributed by atoms with Gasteiger partial charge in [-0.1, -0.05) is 66.7 Å². The molecule has 4 aromatic carbocycles. The number of hydrogen-bond donors (Lipinski definition) is 1. The first-order valence-corrected chi connectivity index (χ1v) is 13.4. The number of nitrogens with zero attached hydrogens (tertiary/aromatic N) is 4. The van der Waals surface area contributed by atoms with E-state index in [2.05, 4.69) is 0 Å². The highest BCUT2D eigenvalue weighted by Crippen LogP contribution is 2.40. The highest BCUT2D eigenvalue weighted by atomic mass is 16.5. The molecule has 2 aliphatic rings. The molecule has 0 spiro atoms. The van der Waals surface area contributed by atoms with E-state index in [9.17, 15) is 19.5 Å².